The molecule has 0 saturated carbocycles. The Labute approximate surface area is 148 Å². The first-order valence-corrected chi connectivity index (χ1v) is 8.75. The van der Waals surface area contributed by atoms with Gasteiger partial charge in [0.15, 0.2) is 0 Å². The van der Waals surface area contributed by atoms with E-state index in [1.165, 1.54) is 16.2 Å². The fourth-order valence-corrected chi connectivity index (χ4v) is 3.61. The maximum atomic E-state index is 12.5. The van der Waals surface area contributed by atoms with Crippen LogP contribution in [0.1, 0.15) is 20.8 Å². The number of benzene rings is 1. The van der Waals surface area contributed by atoms with Crippen LogP contribution in [-0.2, 0) is 4.79 Å². The van der Waals surface area contributed by atoms with Crippen LogP contribution in [-0.4, -0.2) is 37.4 Å². The van der Waals surface area contributed by atoms with E-state index in [-0.39, 0.29) is 18.4 Å². The summed E-state index contributed by atoms with van der Waals surface area (Å²) in [6, 6.07) is 9.45. The first kappa shape index (κ1) is 17.7. The Bertz CT molecular complexity index is 742. The van der Waals surface area contributed by atoms with Crippen LogP contribution < -0.4 is 4.90 Å². The molecule has 1 heterocycles. The van der Waals surface area contributed by atoms with Gasteiger partial charge >= 0.3 is 0 Å². The molecule has 122 valence electrons. The standard InChI is InChI=1S/C17H19BrN2O2S/c1-11-6-5-7-13(12(11)2)20(4)16(21)10-19(3)17(22)14-8-9-15(18)23-14/h5-9H,10H2,1-4H3. The van der Waals surface area contributed by atoms with Gasteiger partial charge in [-0.3, -0.25) is 9.59 Å². The predicted molar refractivity (Wildman–Crippen MR) is 98.3 cm³/mol. The number of hydrogen-bond acceptors (Lipinski definition) is 3. The van der Waals surface area contributed by atoms with Crippen molar-refractivity contribution in [2.24, 2.45) is 0 Å². The molecule has 6 heteroatoms. The summed E-state index contributed by atoms with van der Waals surface area (Å²) in [5.74, 6) is -0.270. The highest BCUT2D eigenvalue weighted by Crippen LogP contribution is 2.24. The Hall–Kier alpha value is -1.66. The Balaban J connectivity index is 2.08. The van der Waals surface area contributed by atoms with Gasteiger partial charge in [0, 0.05) is 19.8 Å². The van der Waals surface area contributed by atoms with E-state index in [4.69, 9.17) is 0 Å². The van der Waals surface area contributed by atoms with Crippen molar-refractivity contribution >= 4 is 44.8 Å². The van der Waals surface area contributed by atoms with Gasteiger partial charge in [0.1, 0.15) is 6.54 Å². The van der Waals surface area contributed by atoms with Crippen LogP contribution in [0.25, 0.3) is 0 Å². The van der Waals surface area contributed by atoms with Gasteiger partial charge in [-0.15, -0.1) is 11.3 Å². The summed E-state index contributed by atoms with van der Waals surface area (Å²) in [6.45, 7) is 4.05. The number of anilines is 1. The van der Waals surface area contributed by atoms with E-state index < -0.39 is 0 Å². The van der Waals surface area contributed by atoms with Gasteiger partial charge in [-0.1, -0.05) is 12.1 Å². The molecule has 1 aromatic heterocycles. The van der Waals surface area contributed by atoms with Crippen molar-refractivity contribution in [2.45, 2.75) is 13.8 Å². The van der Waals surface area contributed by atoms with Crippen LogP contribution in [0.2, 0.25) is 0 Å². The summed E-state index contributed by atoms with van der Waals surface area (Å²) >= 11 is 4.70. The lowest BCUT2D eigenvalue weighted by Gasteiger charge is -2.23. The van der Waals surface area contributed by atoms with Crippen molar-refractivity contribution in [1.29, 1.82) is 0 Å². The normalized spacial score (nSPS) is 10.5. The number of carbonyl (C=O) groups excluding carboxylic acids is 2. The van der Waals surface area contributed by atoms with E-state index in [9.17, 15) is 9.59 Å². The smallest absolute Gasteiger partial charge is 0.264 e. The van der Waals surface area contributed by atoms with E-state index in [0.29, 0.717) is 4.88 Å². The molecule has 0 aliphatic heterocycles. The molecule has 4 nitrogen and oxygen atoms in total. The van der Waals surface area contributed by atoms with Crippen molar-refractivity contribution < 1.29 is 9.59 Å². The molecular formula is C17H19BrN2O2S. The minimum absolute atomic E-state index is 0.0399. The van der Waals surface area contributed by atoms with Crippen molar-refractivity contribution in [3.63, 3.8) is 0 Å². The predicted octanol–water partition coefficient (Wildman–Crippen LogP) is 3.86. The van der Waals surface area contributed by atoms with E-state index in [1.807, 2.05) is 38.1 Å². The molecule has 0 fully saturated rings. The average Bonchev–Trinajstić information content (AvgIpc) is 2.94. The SMILES string of the molecule is Cc1cccc(N(C)C(=O)CN(C)C(=O)c2ccc(Br)s2)c1C. The molecular weight excluding hydrogens is 376 g/mol. The fraction of sp³-hybridized carbons (Fsp3) is 0.294. The van der Waals surface area contributed by atoms with Gasteiger partial charge in [-0.2, -0.15) is 0 Å². The first-order valence-electron chi connectivity index (χ1n) is 7.15. The lowest BCUT2D eigenvalue weighted by Crippen LogP contribution is -2.39. The first-order chi connectivity index (χ1) is 10.8. The summed E-state index contributed by atoms with van der Waals surface area (Å²) in [4.78, 5) is 28.5. The van der Waals surface area contributed by atoms with Gasteiger partial charge in [-0.25, -0.2) is 0 Å². The molecule has 0 radical (unpaired) electrons. The van der Waals surface area contributed by atoms with Gasteiger partial charge in [0.25, 0.3) is 5.91 Å². The number of likely N-dealkylation sites (N-methyl/N-ethyl adjacent to an activating group) is 2. The quantitative estimate of drug-likeness (QED) is 0.789. The third-order valence-electron chi connectivity index (χ3n) is 3.81. The highest BCUT2D eigenvalue weighted by atomic mass is 79.9. The fourth-order valence-electron chi connectivity index (χ4n) is 2.23. The molecule has 0 aliphatic rings. The number of thiophene rings is 1. The van der Waals surface area contributed by atoms with Crippen LogP contribution in [0, 0.1) is 13.8 Å². The van der Waals surface area contributed by atoms with E-state index in [1.54, 1.807) is 25.1 Å². The minimum Gasteiger partial charge on any atom is -0.332 e. The largest absolute Gasteiger partial charge is 0.332 e. The third-order valence-corrected chi connectivity index (χ3v) is 5.43. The number of aryl methyl sites for hydroxylation is 1. The second kappa shape index (κ2) is 7.27. The van der Waals surface area contributed by atoms with E-state index >= 15 is 0 Å². The zero-order valence-corrected chi connectivity index (χ0v) is 16.0. The average molecular weight is 395 g/mol. The van der Waals surface area contributed by atoms with Crippen molar-refractivity contribution in [3.05, 3.63) is 50.1 Å². The molecule has 2 amide bonds. The second-order valence-corrected chi connectivity index (χ2v) is 7.90. The Morgan fingerprint density at radius 2 is 1.83 bits per heavy atom. The lowest BCUT2D eigenvalue weighted by molar-refractivity contribution is -0.118. The van der Waals surface area contributed by atoms with Crippen LogP contribution in [0.15, 0.2) is 34.1 Å². The van der Waals surface area contributed by atoms with Crippen LogP contribution in [0.5, 0.6) is 0 Å². The van der Waals surface area contributed by atoms with E-state index in [2.05, 4.69) is 15.9 Å². The molecule has 2 rings (SSSR count). The summed E-state index contributed by atoms with van der Waals surface area (Å²) in [6.07, 6.45) is 0. The molecule has 0 spiro atoms. The summed E-state index contributed by atoms with van der Waals surface area (Å²) in [5.41, 5.74) is 3.07. The Morgan fingerprint density at radius 1 is 1.13 bits per heavy atom. The number of carbonyl (C=O) groups is 2. The summed E-state index contributed by atoms with van der Waals surface area (Å²) in [5, 5.41) is 0. The summed E-state index contributed by atoms with van der Waals surface area (Å²) < 4.78 is 0.896. The van der Waals surface area contributed by atoms with Crippen molar-refractivity contribution in [1.82, 2.24) is 4.90 Å². The topological polar surface area (TPSA) is 40.6 Å². The number of hydrogen-bond donors (Lipinski definition) is 0. The zero-order chi connectivity index (χ0) is 17.1. The summed E-state index contributed by atoms with van der Waals surface area (Å²) in [7, 11) is 3.38. The van der Waals surface area contributed by atoms with Gasteiger partial charge in [-0.05, 0) is 59.1 Å². The van der Waals surface area contributed by atoms with Crippen LogP contribution in [0.3, 0.4) is 0 Å². The monoisotopic (exact) mass is 394 g/mol. The van der Waals surface area contributed by atoms with Gasteiger partial charge in [0.2, 0.25) is 5.91 Å². The van der Waals surface area contributed by atoms with Crippen molar-refractivity contribution in [2.75, 3.05) is 25.5 Å². The van der Waals surface area contributed by atoms with Crippen LogP contribution in [0.4, 0.5) is 5.69 Å². The number of rotatable bonds is 4. The lowest BCUT2D eigenvalue weighted by atomic mass is 10.1. The van der Waals surface area contributed by atoms with Gasteiger partial charge in [0.05, 0.1) is 8.66 Å². The highest BCUT2D eigenvalue weighted by molar-refractivity contribution is 9.11. The molecule has 0 saturated heterocycles. The van der Waals surface area contributed by atoms with E-state index in [0.717, 1.165) is 20.6 Å². The highest BCUT2D eigenvalue weighted by Gasteiger charge is 2.20. The molecule has 0 N–H and O–H groups in total. The molecule has 0 bridgehead atoms. The second-order valence-electron chi connectivity index (χ2n) is 5.44. The van der Waals surface area contributed by atoms with Crippen molar-refractivity contribution in [3.8, 4) is 0 Å². The Morgan fingerprint density at radius 3 is 2.43 bits per heavy atom. The number of halogens is 1. The molecule has 0 aliphatic carbocycles. The zero-order valence-electron chi connectivity index (χ0n) is 13.6. The number of nitrogens with zero attached hydrogens (tertiary/aromatic N) is 2. The van der Waals surface area contributed by atoms with Gasteiger partial charge < -0.3 is 9.80 Å². The molecule has 0 atom stereocenters. The maximum absolute atomic E-state index is 12.5. The third kappa shape index (κ3) is 4.00. The maximum Gasteiger partial charge on any atom is 0.264 e. The number of amides is 2. The molecule has 1 aromatic carbocycles. The molecule has 2 aromatic rings. The van der Waals surface area contributed by atoms with Crippen LogP contribution >= 0.6 is 27.3 Å². The molecule has 0 unspecified atom stereocenters. The Kier molecular flexibility index (Phi) is 5.59. The molecule has 23 heavy (non-hydrogen) atoms. The minimum atomic E-state index is -0.150.